The Morgan fingerprint density at radius 2 is 1.90 bits per heavy atom. The van der Waals surface area contributed by atoms with Crippen LogP contribution in [0.15, 0.2) is 60.0 Å². The fourth-order valence-electron chi connectivity index (χ4n) is 5.30. The zero-order valence-corrected chi connectivity index (χ0v) is 23.1. The minimum Gasteiger partial charge on any atom is -0.374 e. The van der Waals surface area contributed by atoms with Crippen LogP contribution in [0.5, 0.6) is 5.75 Å². The molecule has 41 heavy (non-hydrogen) atoms. The summed E-state index contributed by atoms with van der Waals surface area (Å²) in [6.45, 7) is 2.36. The first-order chi connectivity index (χ1) is 19.6. The van der Waals surface area contributed by atoms with Gasteiger partial charge in [-0.05, 0) is 43.0 Å². The van der Waals surface area contributed by atoms with Gasteiger partial charge in [0.1, 0.15) is 11.9 Å². The molecule has 2 atom stereocenters. The molecule has 2 bridgehead atoms. The van der Waals surface area contributed by atoms with Crippen LogP contribution in [0.4, 0.5) is 19.0 Å². The standard InChI is InChI=1S/C26H22F3N7O3S2/c1-40-22-4-3-18(31-11-22)12-35-19-6-20(35)14-34(13-19)24-5-2-16(9-32-24)23-7-21(39-41(37,38)26(27,28)29)15-36-25(23)17(8-30)10-33-36/h2-5,7,9-11,15,19-20H,6,12-14H2,1H3. The topological polar surface area (TPSA) is 117 Å². The summed E-state index contributed by atoms with van der Waals surface area (Å²) in [7, 11) is -5.90. The minimum absolute atomic E-state index is 0.156. The normalized spacial score (nSPS) is 19.1. The van der Waals surface area contributed by atoms with E-state index in [9.17, 15) is 26.9 Å². The third-order valence-corrected chi connectivity index (χ3v) is 8.99. The molecule has 3 aliphatic heterocycles. The van der Waals surface area contributed by atoms with E-state index < -0.39 is 21.4 Å². The largest absolute Gasteiger partial charge is 0.534 e. The van der Waals surface area contributed by atoms with Crippen LogP contribution in [0, 0.1) is 11.3 Å². The number of hydrogen-bond acceptors (Lipinski definition) is 10. The van der Waals surface area contributed by atoms with Crippen LogP contribution in [0.1, 0.15) is 17.7 Å². The Morgan fingerprint density at radius 1 is 1.12 bits per heavy atom. The fraction of sp³-hybridized carbons (Fsp3) is 0.308. The number of fused-ring (bicyclic) bond motifs is 3. The molecule has 4 aromatic heterocycles. The quantitative estimate of drug-likeness (QED) is 0.174. The van der Waals surface area contributed by atoms with Crippen molar-refractivity contribution in [3.05, 3.63) is 66.4 Å². The summed E-state index contributed by atoms with van der Waals surface area (Å²) in [5.41, 5.74) is -3.43. The number of anilines is 1. The number of aromatic nitrogens is 4. The third-order valence-electron chi connectivity index (χ3n) is 7.30. The van der Waals surface area contributed by atoms with Crippen molar-refractivity contribution in [2.75, 3.05) is 24.2 Å². The highest BCUT2D eigenvalue weighted by molar-refractivity contribution is 7.98. The van der Waals surface area contributed by atoms with E-state index in [0.717, 1.165) is 59.2 Å². The Kier molecular flexibility index (Phi) is 6.79. The number of nitrogens with zero attached hydrogens (tertiary/aromatic N) is 7. The lowest BCUT2D eigenvalue weighted by Crippen LogP contribution is -2.68. The number of piperazine rings is 1. The smallest absolute Gasteiger partial charge is 0.374 e. The van der Waals surface area contributed by atoms with E-state index >= 15 is 0 Å². The van der Waals surface area contributed by atoms with Crippen LogP contribution in [-0.2, 0) is 16.7 Å². The first-order valence-electron chi connectivity index (χ1n) is 12.4. The lowest BCUT2D eigenvalue weighted by Gasteiger charge is -2.56. The first-order valence-corrected chi connectivity index (χ1v) is 15.1. The van der Waals surface area contributed by atoms with Crippen molar-refractivity contribution in [2.24, 2.45) is 0 Å². The number of piperidine rings is 1. The summed E-state index contributed by atoms with van der Waals surface area (Å²) >= 11 is 1.66. The Morgan fingerprint density at radius 3 is 2.51 bits per heavy atom. The molecule has 3 saturated heterocycles. The minimum atomic E-state index is -5.90. The van der Waals surface area contributed by atoms with E-state index in [-0.39, 0.29) is 16.6 Å². The highest BCUT2D eigenvalue weighted by Crippen LogP contribution is 2.37. The van der Waals surface area contributed by atoms with Gasteiger partial charge in [-0.25, -0.2) is 9.50 Å². The molecule has 10 nitrogen and oxygen atoms in total. The Balaban J connectivity index is 1.22. The van der Waals surface area contributed by atoms with Gasteiger partial charge in [0.2, 0.25) is 0 Å². The van der Waals surface area contributed by atoms with Gasteiger partial charge in [-0.3, -0.25) is 9.88 Å². The fourth-order valence-corrected chi connectivity index (χ4v) is 6.10. The van der Waals surface area contributed by atoms with Crippen LogP contribution >= 0.6 is 11.8 Å². The van der Waals surface area contributed by atoms with Gasteiger partial charge < -0.3 is 9.08 Å². The molecule has 7 rings (SSSR count). The number of nitriles is 1. The molecule has 15 heteroatoms. The number of pyridine rings is 3. The van der Waals surface area contributed by atoms with Crippen molar-refractivity contribution < 1.29 is 25.8 Å². The monoisotopic (exact) mass is 601 g/mol. The molecule has 0 aromatic carbocycles. The second kappa shape index (κ2) is 10.2. The molecule has 3 fully saturated rings. The molecular weight excluding hydrogens is 579 g/mol. The predicted molar refractivity (Wildman–Crippen MR) is 145 cm³/mol. The van der Waals surface area contributed by atoms with Crippen LogP contribution in [0.3, 0.4) is 0 Å². The molecule has 3 aliphatic rings. The number of hydrogen-bond donors (Lipinski definition) is 0. The maximum atomic E-state index is 12.9. The second-order valence-electron chi connectivity index (χ2n) is 9.75. The zero-order chi connectivity index (χ0) is 28.9. The molecular formula is C26H22F3N7O3S2. The summed E-state index contributed by atoms with van der Waals surface area (Å²) in [5, 5.41) is 13.5. The third kappa shape index (κ3) is 5.07. The van der Waals surface area contributed by atoms with Gasteiger partial charge in [-0.1, -0.05) is 0 Å². The highest BCUT2D eigenvalue weighted by Gasteiger charge is 2.49. The SMILES string of the molecule is CSc1ccc(CN2C3CC2CN(c2ccc(-c4cc(OS(=O)(=O)C(F)(F)F)cn5ncc(C#N)c45)cn2)C3)nc1. The molecule has 212 valence electrons. The van der Waals surface area contributed by atoms with Gasteiger partial charge in [0.05, 0.1) is 29.2 Å². The first kappa shape index (κ1) is 27.3. The molecule has 0 radical (unpaired) electrons. The molecule has 0 spiro atoms. The Bertz CT molecular complexity index is 1740. The van der Waals surface area contributed by atoms with Gasteiger partial charge in [0.25, 0.3) is 0 Å². The molecule has 0 saturated carbocycles. The summed E-state index contributed by atoms with van der Waals surface area (Å²) in [6, 6.07) is 11.5. The van der Waals surface area contributed by atoms with Gasteiger partial charge in [-0.2, -0.15) is 31.9 Å². The van der Waals surface area contributed by atoms with Crippen LogP contribution in [0.2, 0.25) is 0 Å². The maximum absolute atomic E-state index is 12.9. The van der Waals surface area contributed by atoms with Crippen molar-refractivity contribution in [1.29, 1.82) is 5.26 Å². The molecule has 0 aliphatic carbocycles. The van der Waals surface area contributed by atoms with Gasteiger partial charge in [0, 0.05) is 60.1 Å². The maximum Gasteiger partial charge on any atom is 0.534 e. The van der Waals surface area contributed by atoms with Crippen LogP contribution in [-0.4, -0.2) is 69.8 Å². The summed E-state index contributed by atoms with van der Waals surface area (Å²) in [6.07, 6.45) is 8.76. The van der Waals surface area contributed by atoms with Crippen molar-refractivity contribution in [2.45, 2.75) is 35.5 Å². The Hall–Kier alpha value is -3.87. The predicted octanol–water partition coefficient (Wildman–Crippen LogP) is 4.08. The van der Waals surface area contributed by atoms with E-state index in [1.165, 1.54) is 12.4 Å². The summed E-state index contributed by atoms with van der Waals surface area (Å²) in [5.74, 6) is 0.137. The lowest BCUT2D eigenvalue weighted by atomic mass is 9.87. The molecule has 0 amide bonds. The van der Waals surface area contributed by atoms with E-state index in [2.05, 4.69) is 41.2 Å². The number of halogens is 3. The highest BCUT2D eigenvalue weighted by atomic mass is 32.2. The van der Waals surface area contributed by atoms with Crippen LogP contribution in [0.25, 0.3) is 16.6 Å². The van der Waals surface area contributed by atoms with Crippen molar-refractivity contribution >= 4 is 33.2 Å². The zero-order valence-electron chi connectivity index (χ0n) is 21.5. The molecule has 4 aromatic rings. The van der Waals surface area contributed by atoms with E-state index in [0.29, 0.717) is 17.6 Å². The van der Waals surface area contributed by atoms with Gasteiger partial charge in [-0.15, -0.1) is 11.8 Å². The summed E-state index contributed by atoms with van der Waals surface area (Å²) in [4.78, 5) is 14.9. The van der Waals surface area contributed by atoms with Crippen LogP contribution < -0.4 is 9.08 Å². The molecule has 0 N–H and O–H groups in total. The number of thioether (sulfide) groups is 1. The Labute approximate surface area is 237 Å². The van der Waals surface area contributed by atoms with E-state index in [4.69, 9.17) is 0 Å². The average Bonchev–Trinajstić information content (AvgIpc) is 3.38. The summed E-state index contributed by atoms with van der Waals surface area (Å²) < 4.78 is 67.5. The van der Waals surface area contributed by atoms with Crippen molar-refractivity contribution in [3.63, 3.8) is 0 Å². The second-order valence-corrected chi connectivity index (χ2v) is 12.2. The molecule has 2 unspecified atom stereocenters. The molecule has 7 heterocycles. The number of alkyl halides is 3. The van der Waals surface area contributed by atoms with Crippen molar-refractivity contribution in [1.82, 2.24) is 24.5 Å². The van der Waals surface area contributed by atoms with Crippen molar-refractivity contribution in [3.8, 4) is 22.9 Å². The van der Waals surface area contributed by atoms with E-state index in [1.54, 1.807) is 23.9 Å². The van der Waals surface area contributed by atoms with Gasteiger partial charge >= 0.3 is 15.6 Å². The van der Waals surface area contributed by atoms with E-state index in [1.807, 2.05) is 18.5 Å². The van der Waals surface area contributed by atoms with Gasteiger partial charge in [0.15, 0.2) is 5.75 Å². The number of rotatable bonds is 7. The lowest BCUT2D eigenvalue weighted by molar-refractivity contribution is -0.0500. The average molecular weight is 602 g/mol.